The number of aliphatic hydroxyl groups excluding tert-OH is 1. The Kier molecular flexibility index (Phi) is 6.49. The molecule has 1 aromatic rings. The number of rotatable bonds is 4. The summed E-state index contributed by atoms with van der Waals surface area (Å²) in [5, 5.41) is 9.33. The van der Waals surface area contributed by atoms with Crippen LogP contribution in [0.2, 0.25) is 0 Å². The number of hydrogen-bond donors (Lipinski definition) is 3. The van der Waals surface area contributed by atoms with Gasteiger partial charge in [-0.3, -0.25) is 11.3 Å². The number of hydrogen-bond acceptors (Lipinski definition) is 3. The highest BCUT2D eigenvalue weighted by Crippen LogP contribution is 2.04. The maximum atomic E-state index is 9.33. The van der Waals surface area contributed by atoms with E-state index in [9.17, 15) is 5.11 Å². The van der Waals surface area contributed by atoms with Crippen LogP contribution in [0, 0.1) is 0 Å². The summed E-state index contributed by atoms with van der Waals surface area (Å²) >= 11 is 0. The number of hydrazine groups is 1. The molecule has 0 unspecified atom stereocenters. The smallest absolute Gasteiger partial charge is 0.0681 e. The molecule has 0 aliphatic rings. The fraction of sp³-hybridized carbons (Fsp3) is 0.400. The minimum absolute atomic E-state index is 0. The molecule has 4 N–H and O–H groups in total. The number of nitrogens with two attached hydrogens (primary N) is 1. The van der Waals surface area contributed by atoms with Crippen LogP contribution < -0.4 is 11.3 Å². The summed E-state index contributed by atoms with van der Waals surface area (Å²) in [6, 6.07) is 9.88. The van der Waals surface area contributed by atoms with Gasteiger partial charge in [-0.25, -0.2) is 0 Å². The van der Waals surface area contributed by atoms with Gasteiger partial charge < -0.3 is 5.11 Å². The van der Waals surface area contributed by atoms with E-state index in [0.29, 0.717) is 0 Å². The molecule has 0 spiro atoms. The normalized spacial score (nSPS) is 14.2. The minimum Gasteiger partial charge on any atom is -0.392 e. The van der Waals surface area contributed by atoms with Crippen molar-refractivity contribution in [2.75, 3.05) is 0 Å². The third-order valence-electron chi connectivity index (χ3n) is 2.09. The van der Waals surface area contributed by atoms with E-state index in [1.807, 2.05) is 30.3 Å². The van der Waals surface area contributed by atoms with E-state index >= 15 is 0 Å². The molecule has 0 aliphatic carbocycles. The van der Waals surface area contributed by atoms with Crippen molar-refractivity contribution >= 4 is 12.4 Å². The Balaban J connectivity index is 0.00000169. The van der Waals surface area contributed by atoms with Crippen LogP contribution in [0.4, 0.5) is 0 Å². The SMILES string of the molecule is C[C@H](O)[C@H](Cc1ccccc1)NN.Cl. The van der Waals surface area contributed by atoms with Crippen molar-refractivity contribution < 1.29 is 5.11 Å². The van der Waals surface area contributed by atoms with Crippen molar-refractivity contribution in [2.45, 2.75) is 25.5 Å². The first kappa shape index (κ1) is 13.4. The van der Waals surface area contributed by atoms with Gasteiger partial charge in [-0.1, -0.05) is 30.3 Å². The second kappa shape index (κ2) is 6.79. The van der Waals surface area contributed by atoms with Crippen LogP contribution in [0.15, 0.2) is 30.3 Å². The Morgan fingerprint density at radius 2 is 1.93 bits per heavy atom. The molecule has 0 fully saturated rings. The predicted octanol–water partition coefficient (Wildman–Crippen LogP) is 0.864. The van der Waals surface area contributed by atoms with Crippen LogP contribution in [0.1, 0.15) is 12.5 Å². The molecule has 2 atom stereocenters. The molecule has 0 saturated carbocycles. The highest BCUT2D eigenvalue weighted by Gasteiger charge is 2.12. The molecule has 80 valence electrons. The standard InChI is InChI=1S/C10H16N2O.ClH/c1-8(13)10(12-11)7-9-5-3-2-4-6-9;/h2-6,8,10,12-13H,7,11H2,1H3;1H/t8-,10-;/m0./s1. The maximum Gasteiger partial charge on any atom is 0.0681 e. The van der Waals surface area contributed by atoms with Crippen LogP contribution in [-0.2, 0) is 6.42 Å². The van der Waals surface area contributed by atoms with Crippen LogP contribution in [0.3, 0.4) is 0 Å². The first-order valence-electron chi connectivity index (χ1n) is 4.42. The molecule has 0 aromatic heterocycles. The van der Waals surface area contributed by atoms with Gasteiger partial charge in [0.05, 0.1) is 12.1 Å². The molecule has 0 aliphatic heterocycles. The topological polar surface area (TPSA) is 58.3 Å². The lowest BCUT2D eigenvalue weighted by Gasteiger charge is -2.18. The van der Waals surface area contributed by atoms with E-state index in [1.165, 1.54) is 5.56 Å². The van der Waals surface area contributed by atoms with Crippen LogP contribution in [-0.4, -0.2) is 17.3 Å². The molecule has 14 heavy (non-hydrogen) atoms. The molecule has 0 bridgehead atoms. The summed E-state index contributed by atoms with van der Waals surface area (Å²) in [7, 11) is 0. The third-order valence-corrected chi connectivity index (χ3v) is 2.09. The Hall–Kier alpha value is -0.610. The molecule has 3 nitrogen and oxygen atoms in total. The van der Waals surface area contributed by atoms with Crippen molar-refractivity contribution in [3.63, 3.8) is 0 Å². The summed E-state index contributed by atoms with van der Waals surface area (Å²) in [6.07, 6.45) is 0.305. The molecule has 0 saturated heterocycles. The van der Waals surface area contributed by atoms with Gasteiger partial charge in [0.15, 0.2) is 0 Å². The third kappa shape index (κ3) is 4.07. The Morgan fingerprint density at radius 3 is 2.36 bits per heavy atom. The van der Waals surface area contributed by atoms with Gasteiger partial charge >= 0.3 is 0 Å². The second-order valence-electron chi connectivity index (χ2n) is 3.20. The van der Waals surface area contributed by atoms with Gasteiger partial charge in [0.2, 0.25) is 0 Å². The molecule has 0 radical (unpaired) electrons. The zero-order chi connectivity index (χ0) is 9.68. The van der Waals surface area contributed by atoms with Gasteiger partial charge in [0.1, 0.15) is 0 Å². The summed E-state index contributed by atoms with van der Waals surface area (Å²) in [5.74, 6) is 5.31. The van der Waals surface area contributed by atoms with Crippen molar-refractivity contribution in [2.24, 2.45) is 5.84 Å². The summed E-state index contributed by atoms with van der Waals surface area (Å²) in [6.45, 7) is 1.73. The van der Waals surface area contributed by atoms with Gasteiger partial charge in [-0.15, -0.1) is 12.4 Å². The van der Waals surface area contributed by atoms with Crippen molar-refractivity contribution in [3.05, 3.63) is 35.9 Å². The minimum atomic E-state index is -0.440. The van der Waals surface area contributed by atoms with E-state index < -0.39 is 6.10 Å². The summed E-state index contributed by atoms with van der Waals surface area (Å²) in [5.41, 5.74) is 3.77. The van der Waals surface area contributed by atoms with Gasteiger partial charge in [-0.05, 0) is 18.9 Å². The quantitative estimate of drug-likeness (QED) is 0.517. The van der Waals surface area contributed by atoms with Crippen LogP contribution in [0.25, 0.3) is 0 Å². The fourth-order valence-corrected chi connectivity index (χ4v) is 1.24. The van der Waals surface area contributed by atoms with Crippen molar-refractivity contribution in [1.82, 2.24) is 5.43 Å². The lowest BCUT2D eigenvalue weighted by atomic mass is 10.0. The average Bonchev–Trinajstić information content (AvgIpc) is 2.15. The average molecular weight is 217 g/mol. The largest absolute Gasteiger partial charge is 0.392 e. The lowest BCUT2D eigenvalue weighted by molar-refractivity contribution is 0.145. The van der Waals surface area contributed by atoms with E-state index in [4.69, 9.17) is 5.84 Å². The van der Waals surface area contributed by atoms with Crippen LogP contribution >= 0.6 is 12.4 Å². The van der Waals surface area contributed by atoms with E-state index in [-0.39, 0.29) is 18.4 Å². The lowest BCUT2D eigenvalue weighted by Crippen LogP contribution is -2.44. The molecule has 4 heteroatoms. The first-order chi connectivity index (χ1) is 6.24. The molecule has 1 rings (SSSR count). The Morgan fingerprint density at radius 1 is 1.36 bits per heavy atom. The maximum absolute atomic E-state index is 9.33. The molecule has 0 heterocycles. The monoisotopic (exact) mass is 216 g/mol. The number of benzene rings is 1. The van der Waals surface area contributed by atoms with Crippen LogP contribution in [0.5, 0.6) is 0 Å². The predicted molar refractivity (Wildman–Crippen MR) is 60.2 cm³/mol. The molecular formula is C10H17ClN2O. The second-order valence-corrected chi connectivity index (χ2v) is 3.20. The van der Waals surface area contributed by atoms with Gasteiger partial charge in [0.25, 0.3) is 0 Å². The number of halogens is 1. The van der Waals surface area contributed by atoms with Gasteiger partial charge in [-0.2, -0.15) is 0 Å². The fourth-order valence-electron chi connectivity index (χ4n) is 1.24. The Labute approximate surface area is 90.7 Å². The Bertz CT molecular complexity index is 241. The molecule has 0 amide bonds. The molecule has 1 aromatic carbocycles. The van der Waals surface area contributed by atoms with E-state index in [0.717, 1.165) is 6.42 Å². The first-order valence-corrected chi connectivity index (χ1v) is 4.42. The van der Waals surface area contributed by atoms with Crippen molar-refractivity contribution in [1.29, 1.82) is 0 Å². The summed E-state index contributed by atoms with van der Waals surface area (Å²) in [4.78, 5) is 0. The zero-order valence-corrected chi connectivity index (χ0v) is 9.00. The van der Waals surface area contributed by atoms with E-state index in [2.05, 4.69) is 5.43 Å². The zero-order valence-electron chi connectivity index (χ0n) is 8.18. The van der Waals surface area contributed by atoms with E-state index in [1.54, 1.807) is 6.92 Å². The highest BCUT2D eigenvalue weighted by molar-refractivity contribution is 5.85. The molecular weight excluding hydrogens is 200 g/mol. The highest BCUT2D eigenvalue weighted by atomic mass is 35.5. The number of nitrogens with one attached hydrogen (secondary N) is 1. The number of aliphatic hydroxyl groups is 1. The summed E-state index contributed by atoms with van der Waals surface area (Å²) < 4.78 is 0. The van der Waals surface area contributed by atoms with Crippen molar-refractivity contribution in [3.8, 4) is 0 Å². The van der Waals surface area contributed by atoms with Gasteiger partial charge in [0, 0.05) is 0 Å².